The predicted molar refractivity (Wildman–Crippen MR) is 71.2 cm³/mol. The number of ether oxygens (including phenoxy) is 1. The Hall–Kier alpha value is -2.18. The second-order valence-electron chi connectivity index (χ2n) is 4.72. The average Bonchev–Trinajstić information content (AvgIpc) is 2.64. The Bertz CT molecular complexity index is 505. The Morgan fingerprint density at radius 3 is 2.67 bits per heavy atom. The number of alkyl halides is 2. The number of hydrogen-bond donors (Lipinski definition) is 2. The standard InChI is InChI=1S/C14H16F2N2O3/c15-14(16)21-10-6-4-9(5-7-10)12(19)18-11-3-1-2-8-17-13(11)20/h4-7,11,14H,1-3,8H2,(H,17,20)(H,18,19). The van der Waals surface area contributed by atoms with Crippen LogP contribution in [-0.4, -0.2) is 31.0 Å². The van der Waals surface area contributed by atoms with Crippen molar-refractivity contribution < 1.29 is 23.1 Å². The van der Waals surface area contributed by atoms with Crippen LogP contribution in [0.1, 0.15) is 29.6 Å². The molecule has 1 fully saturated rings. The maximum Gasteiger partial charge on any atom is 0.387 e. The van der Waals surface area contributed by atoms with Crippen LogP contribution < -0.4 is 15.4 Å². The first-order valence-electron chi connectivity index (χ1n) is 6.70. The number of halogens is 2. The van der Waals surface area contributed by atoms with E-state index in [-0.39, 0.29) is 17.2 Å². The molecule has 2 N–H and O–H groups in total. The summed E-state index contributed by atoms with van der Waals surface area (Å²) >= 11 is 0. The molecule has 1 aliphatic rings. The van der Waals surface area contributed by atoms with E-state index in [1.807, 2.05) is 0 Å². The maximum absolute atomic E-state index is 12.0. The summed E-state index contributed by atoms with van der Waals surface area (Å²) in [6.45, 7) is -2.29. The van der Waals surface area contributed by atoms with Gasteiger partial charge in [-0.25, -0.2) is 0 Å². The number of rotatable bonds is 4. The molecule has 1 saturated heterocycles. The summed E-state index contributed by atoms with van der Waals surface area (Å²) in [6, 6.07) is 4.77. The molecule has 0 bridgehead atoms. The third-order valence-corrected chi connectivity index (χ3v) is 3.18. The van der Waals surface area contributed by atoms with Gasteiger partial charge < -0.3 is 15.4 Å². The normalized spacial score (nSPS) is 18.8. The van der Waals surface area contributed by atoms with Gasteiger partial charge in [-0.15, -0.1) is 0 Å². The topological polar surface area (TPSA) is 67.4 Å². The predicted octanol–water partition coefficient (Wildman–Crippen LogP) is 1.69. The van der Waals surface area contributed by atoms with Crippen LogP contribution in [0, 0.1) is 0 Å². The van der Waals surface area contributed by atoms with E-state index in [1.165, 1.54) is 24.3 Å². The van der Waals surface area contributed by atoms with Gasteiger partial charge in [-0.2, -0.15) is 8.78 Å². The summed E-state index contributed by atoms with van der Waals surface area (Å²) in [7, 11) is 0. The number of nitrogens with one attached hydrogen (secondary N) is 2. The van der Waals surface area contributed by atoms with Crippen LogP contribution in [0.15, 0.2) is 24.3 Å². The molecular weight excluding hydrogens is 282 g/mol. The summed E-state index contributed by atoms with van der Waals surface area (Å²) in [6.07, 6.45) is 2.33. The molecule has 21 heavy (non-hydrogen) atoms. The van der Waals surface area contributed by atoms with Crippen molar-refractivity contribution in [2.75, 3.05) is 6.54 Å². The van der Waals surface area contributed by atoms with E-state index in [9.17, 15) is 18.4 Å². The molecule has 1 heterocycles. The lowest BCUT2D eigenvalue weighted by Crippen LogP contribution is -2.45. The lowest BCUT2D eigenvalue weighted by Gasteiger charge is -2.15. The molecule has 0 aliphatic carbocycles. The molecule has 7 heteroatoms. The first-order chi connectivity index (χ1) is 10.1. The van der Waals surface area contributed by atoms with E-state index < -0.39 is 18.6 Å². The average molecular weight is 298 g/mol. The number of benzene rings is 1. The molecule has 0 saturated carbocycles. The Balaban J connectivity index is 1.97. The summed E-state index contributed by atoms with van der Waals surface area (Å²) < 4.78 is 28.3. The van der Waals surface area contributed by atoms with E-state index in [4.69, 9.17) is 0 Å². The molecule has 0 spiro atoms. The highest BCUT2D eigenvalue weighted by atomic mass is 19.3. The highest BCUT2D eigenvalue weighted by molar-refractivity contribution is 5.97. The fourth-order valence-electron chi connectivity index (χ4n) is 2.11. The molecule has 114 valence electrons. The molecule has 2 amide bonds. The summed E-state index contributed by atoms with van der Waals surface area (Å²) in [4.78, 5) is 23.8. The van der Waals surface area contributed by atoms with E-state index in [2.05, 4.69) is 15.4 Å². The highest BCUT2D eigenvalue weighted by Gasteiger charge is 2.22. The van der Waals surface area contributed by atoms with Crippen molar-refractivity contribution in [1.29, 1.82) is 0 Å². The van der Waals surface area contributed by atoms with Crippen molar-refractivity contribution in [3.05, 3.63) is 29.8 Å². The van der Waals surface area contributed by atoms with Crippen LogP contribution >= 0.6 is 0 Å². The van der Waals surface area contributed by atoms with E-state index >= 15 is 0 Å². The molecule has 1 aliphatic heterocycles. The van der Waals surface area contributed by atoms with Gasteiger partial charge in [0.15, 0.2) is 0 Å². The molecule has 5 nitrogen and oxygen atoms in total. The quantitative estimate of drug-likeness (QED) is 0.889. The fourth-order valence-corrected chi connectivity index (χ4v) is 2.11. The number of hydrogen-bond acceptors (Lipinski definition) is 3. The first kappa shape index (κ1) is 15.2. The SMILES string of the molecule is O=C(NC1CCCCNC1=O)c1ccc(OC(F)F)cc1. The second kappa shape index (κ2) is 7.01. The summed E-state index contributed by atoms with van der Waals surface area (Å²) in [5, 5.41) is 5.37. The molecule has 1 aromatic rings. The largest absolute Gasteiger partial charge is 0.435 e. The van der Waals surface area contributed by atoms with Gasteiger partial charge in [-0.1, -0.05) is 0 Å². The number of carbonyl (C=O) groups is 2. The lowest BCUT2D eigenvalue weighted by molar-refractivity contribution is -0.122. The molecule has 0 radical (unpaired) electrons. The fraction of sp³-hybridized carbons (Fsp3) is 0.429. The molecular formula is C14H16F2N2O3. The van der Waals surface area contributed by atoms with Gasteiger partial charge in [-0.05, 0) is 43.5 Å². The molecule has 0 aromatic heterocycles. The third kappa shape index (κ3) is 4.40. The summed E-state index contributed by atoms with van der Waals surface area (Å²) in [5.41, 5.74) is 0.286. The zero-order valence-corrected chi connectivity index (χ0v) is 11.3. The minimum absolute atomic E-state index is 0.0197. The van der Waals surface area contributed by atoms with Crippen molar-refractivity contribution in [3.8, 4) is 5.75 Å². The molecule has 1 unspecified atom stereocenters. The van der Waals surface area contributed by atoms with E-state index in [0.717, 1.165) is 12.8 Å². The smallest absolute Gasteiger partial charge is 0.387 e. The zero-order chi connectivity index (χ0) is 15.2. The zero-order valence-electron chi connectivity index (χ0n) is 11.3. The van der Waals surface area contributed by atoms with Gasteiger partial charge >= 0.3 is 6.61 Å². The van der Waals surface area contributed by atoms with Crippen LogP contribution in [-0.2, 0) is 4.79 Å². The monoisotopic (exact) mass is 298 g/mol. The first-order valence-corrected chi connectivity index (χ1v) is 6.70. The van der Waals surface area contributed by atoms with Crippen molar-refractivity contribution in [3.63, 3.8) is 0 Å². The minimum atomic E-state index is -2.90. The van der Waals surface area contributed by atoms with Crippen molar-refractivity contribution >= 4 is 11.8 Å². The van der Waals surface area contributed by atoms with Gasteiger partial charge in [0.2, 0.25) is 5.91 Å². The molecule has 1 atom stereocenters. The van der Waals surface area contributed by atoms with Crippen molar-refractivity contribution in [1.82, 2.24) is 10.6 Å². The van der Waals surface area contributed by atoms with Crippen molar-refractivity contribution in [2.24, 2.45) is 0 Å². The van der Waals surface area contributed by atoms with E-state index in [1.54, 1.807) is 0 Å². The Morgan fingerprint density at radius 2 is 2.00 bits per heavy atom. The van der Waals surface area contributed by atoms with Gasteiger partial charge in [-0.3, -0.25) is 9.59 Å². The lowest BCUT2D eigenvalue weighted by atomic mass is 10.1. The summed E-state index contributed by atoms with van der Waals surface area (Å²) in [5.74, 6) is -0.632. The van der Waals surface area contributed by atoms with Crippen LogP contribution in [0.3, 0.4) is 0 Å². The number of carbonyl (C=O) groups excluding carboxylic acids is 2. The Morgan fingerprint density at radius 1 is 1.29 bits per heavy atom. The Kier molecular flexibility index (Phi) is 5.08. The maximum atomic E-state index is 12.0. The highest BCUT2D eigenvalue weighted by Crippen LogP contribution is 2.15. The molecule has 2 rings (SSSR count). The third-order valence-electron chi connectivity index (χ3n) is 3.18. The van der Waals surface area contributed by atoms with Gasteiger partial charge in [0.1, 0.15) is 11.8 Å². The van der Waals surface area contributed by atoms with Crippen LogP contribution in [0.2, 0.25) is 0 Å². The van der Waals surface area contributed by atoms with Crippen LogP contribution in [0.4, 0.5) is 8.78 Å². The van der Waals surface area contributed by atoms with Gasteiger partial charge in [0, 0.05) is 12.1 Å². The van der Waals surface area contributed by atoms with Gasteiger partial charge in [0.05, 0.1) is 0 Å². The minimum Gasteiger partial charge on any atom is -0.435 e. The van der Waals surface area contributed by atoms with Gasteiger partial charge in [0.25, 0.3) is 5.91 Å². The van der Waals surface area contributed by atoms with E-state index in [0.29, 0.717) is 13.0 Å². The molecule has 1 aromatic carbocycles. The Labute approximate surface area is 120 Å². The van der Waals surface area contributed by atoms with Crippen molar-refractivity contribution in [2.45, 2.75) is 31.9 Å². The van der Waals surface area contributed by atoms with Crippen LogP contribution in [0.25, 0.3) is 0 Å². The second-order valence-corrected chi connectivity index (χ2v) is 4.72. The van der Waals surface area contributed by atoms with Crippen LogP contribution in [0.5, 0.6) is 5.75 Å². The number of amides is 2.